The van der Waals surface area contributed by atoms with Gasteiger partial charge in [-0.05, 0) is 24.3 Å². The monoisotopic (exact) mass is 289 g/mol. The first-order valence-corrected chi connectivity index (χ1v) is 7.70. The van der Waals surface area contributed by atoms with Crippen molar-refractivity contribution in [3.8, 4) is 0 Å². The van der Waals surface area contributed by atoms with E-state index < -0.39 is 11.3 Å². The third-order valence-electron chi connectivity index (χ3n) is 4.97. The number of halogens is 1. The Morgan fingerprint density at radius 3 is 2.38 bits per heavy atom. The molecule has 1 aliphatic heterocycles. The summed E-state index contributed by atoms with van der Waals surface area (Å²) in [5.74, 6) is -1.45. The molecule has 21 heavy (non-hydrogen) atoms. The van der Waals surface area contributed by atoms with Crippen LogP contribution >= 0.6 is 0 Å². The van der Waals surface area contributed by atoms with Gasteiger partial charge in [-0.3, -0.25) is 14.9 Å². The Balaban J connectivity index is 2.06. The van der Waals surface area contributed by atoms with E-state index in [2.05, 4.69) is 5.32 Å². The van der Waals surface area contributed by atoms with Crippen LogP contribution in [0.1, 0.15) is 56.4 Å². The van der Waals surface area contributed by atoms with Crippen molar-refractivity contribution < 1.29 is 14.0 Å². The third kappa shape index (κ3) is 2.59. The van der Waals surface area contributed by atoms with Crippen molar-refractivity contribution >= 4 is 11.8 Å². The maximum absolute atomic E-state index is 14.2. The van der Waals surface area contributed by atoms with Crippen LogP contribution in [0.15, 0.2) is 24.3 Å². The average Bonchev–Trinajstić information content (AvgIpc) is 2.66. The lowest BCUT2D eigenvalue weighted by Crippen LogP contribution is -2.50. The van der Waals surface area contributed by atoms with Crippen molar-refractivity contribution in [2.45, 2.75) is 50.9 Å². The molecule has 2 amide bonds. The molecule has 0 bridgehead atoms. The highest BCUT2D eigenvalue weighted by atomic mass is 19.1. The summed E-state index contributed by atoms with van der Waals surface area (Å²) < 4.78 is 14.2. The minimum Gasteiger partial charge on any atom is -0.296 e. The van der Waals surface area contributed by atoms with Crippen molar-refractivity contribution in [2.24, 2.45) is 5.41 Å². The lowest BCUT2D eigenvalue weighted by atomic mass is 9.63. The van der Waals surface area contributed by atoms with Gasteiger partial charge in [0, 0.05) is 12.0 Å². The maximum Gasteiger partial charge on any atom is 0.234 e. The lowest BCUT2D eigenvalue weighted by molar-refractivity contribution is -0.140. The van der Waals surface area contributed by atoms with E-state index in [0.29, 0.717) is 12.0 Å². The Morgan fingerprint density at radius 2 is 1.71 bits per heavy atom. The van der Waals surface area contributed by atoms with Gasteiger partial charge in [0.2, 0.25) is 11.8 Å². The fourth-order valence-electron chi connectivity index (χ4n) is 4.03. The zero-order chi connectivity index (χ0) is 14.9. The van der Waals surface area contributed by atoms with Crippen LogP contribution in [0.2, 0.25) is 0 Å². The Morgan fingerprint density at radius 1 is 1.05 bits per heavy atom. The molecular weight excluding hydrogens is 269 g/mol. The van der Waals surface area contributed by atoms with Crippen molar-refractivity contribution in [1.29, 1.82) is 0 Å². The summed E-state index contributed by atoms with van der Waals surface area (Å²) in [6, 6.07) is 6.46. The molecule has 1 heterocycles. The van der Waals surface area contributed by atoms with Crippen molar-refractivity contribution in [1.82, 2.24) is 5.32 Å². The molecule has 2 fully saturated rings. The molecule has 1 saturated carbocycles. The second kappa shape index (κ2) is 5.58. The second-order valence-electron chi connectivity index (χ2n) is 6.32. The van der Waals surface area contributed by atoms with Crippen molar-refractivity contribution in [3.05, 3.63) is 35.6 Å². The SMILES string of the molecule is O=C1CC2(CCCCCC2)C(c2ccccc2F)C(=O)N1. The van der Waals surface area contributed by atoms with Crippen molar-refractivity contribution in [2.75, 3.05) is 0 Å². The molecule has 2 aliphatic rings. The van der Waals surface area contributed by atoms with Crippen LogP contribution in [0.4, 0.5) is 4.39 Å². The van der Waals surface area contributed by atoms with Gasteiger partial charge in [0.1, 0.15) is 5.82 Å². The van der Waals surface area contributed by atoms with Gasteiger partial charge < -0.3 is 0 Å². The number of amides is 2. The van der Waals surface area contributed by atoms with Gasteiger partial charge in [0.05, 0.1) is 5.92 Å². The molecule has 1 aromatic carbocycles. The molecule has 3 nitrogen and oxygen atoms in total. The predicted octanol–water partition coefficient (Wildman–Crippen LogP) is 3.30. The summed E-state index contributed by atoms with van der Waals surface area (Å²) in [5.41, 5.74) is 0.0300. The van der Waals surface area contributed by atoms with E-state index in [9.17, 15) is 14.0 Å². The van der Waals surface area contributed by atoms with Gasteiger partial charge in [-0.15, -0.1) is 0 Å². The second-order valence-corrected chi connectivity index (χ2v) is 6.32. The molecule has 1 saturated heterocycles. The Labute approximate surface area is 123 Å². The lowest BCUT2D eigenvalue weighted by Gasteiger charge is -2.42. The van der Waals surface area contributed by atoms with E-state index in [1.165, 1.54) is 6.07 Å². The summed E-state index contributed by atoms with van der Waals surface area (Å²) in [4.78, 5) is 24.3. The minimum absolute atomic E-state index is 0.213. The molecule has 1 N–H and O–H groups in total. The van der Waals surface area contributed by atoms with E-state index in [0.717, 1.165) is 38.5 Å². The van der Waals surface area contributed by atoms with Crippen molar-refractivity contribution in [3.63, 3.8) is 0 Å². The summed E-state index contributed by atoms with van der Waals surface area (Å²) >= 11 is 0. The van der Waals surface area contributed by atoms with Gasteiger partial charge in [-0.2, -0.15) is 0 Å². The highest BCUT2D eigenvalue weighted by Gasteiger charge is 2.49. The predicted molar refractivity (Wildman–Crippen MR) is 77.0 cm³/mol. The van der Waals surface area contributed by atoms with Gasteiger partial charge in [0.25, 0.3) is 0 Å². The molecule has 1 spiro atoms. The third-order valence-corrected chi connectivity index (χ3v) is 4.97. The van der Waals surface area contributed by atoms with Crippen LogP contribution in [0, 0.1) is 11.2 Å². The minimum atomic E-state index is -0.547. The fraction of sp³-hybridized carbons (Fsp3) is 0.529. The Kier molecular flexibility index (Phi) is 3.79. The Hall–Kier alpha value is -1.71. The zero-order valence-corrected chi connectivity index (χ0v) is 12.0. The average molecular weight is 289 g/mol. The highest BCUT2D eigenvalue weighted by Crippen LogP contribution is 2.51. The highest BCUT2D eigenvalue weighted by molar-refractivity contribution is 6.02. The fourth-order valence-corrected chi connectivity index (χ4v) is 4.03. The first kappa shape index (κ1) is 14.2. The molecule has 0 radical (unpaired) electrons. The summed E-state index contributed by atoms with van der Waals surface area (Å²) in [7, 11) is 0. The first-order chi connectivity index (χ1) is 10.1. The van der Waals surface area contributed by atoms with Crippen LogP contribution in [0.3, 0.4) is 0 Å². The van der Waals surface area contributed by atoms with E-state index >= 15 is 0 Å². The molecule has 0 aromatic heterocycles. The number of hydrogen-bond acceptors (Lipinski definition) is 2. The standard InChI is InChI=1S/C17H20FNO2/c18-13-8-4-3-7-12(13)15-16(21)19-14(20)11-17(15)9-5-1-2-6-10-17/h3-4,7-8,15H,1-2,5-6,9-11H2,(H,19,20,21). The molecule has 1 aliphatic carbocycles. The van der Waals surface area contributed by atoms with Crippen LogP contribution in [-0.4, -0.2) is 11.8 Å². The van der Waals surface area contributed by atoms with Gasteiger partial charge in [-0.25, -0.2) is 4.39 Å². The number of carbonyl (C=O) groups excluding carboxylic acids is 2. The summed E-state index contributed by atoms with van der Waals surface area (Å²) in [6.45, 7) is 0. The Bertz CT molecular complexity index is 562. The number of nitrogens with one attached hydrogen (secondary N) is 1. The number of imide groups is 1. The van der Waals surface area contributed by atoms with Crippen LogP contribution < -0.4 is 5.32 Å². The molecular formula is C17H20FNO2. The molecule has 112 valence electrons. The first-order valence-electron chi connectivity index (χ1n) is 7.70. The molecule has 1 atom stereocenters. The number of rotatable bonds is 1. The number of piperidine rings is 1. The smallest absolute Gasteiger partial charge is 0.234 e. The van der Waals surface area contributed by atoms with E-state index in [-0.39, 0.29) is 17.6 Å². The van der Waals surface area contributed by atoms with Gasteiger partial charge in [0.15, 0.2) is 0 Å². The van der Waals surface area contributed by atoms with Gasteiger partial charge >= 0.3 is 0 Å². The number of benzene rings is 1. The normalized spacial score (nSPS) is 25.5. The summed E-state index contributed by atoms with van der Waals surface area (Å²) in [6.07, 6.45) is 6.24. The molecule has 4 heteroatoms. The largest absolute Gasteiger partial charge is 0.296 e. The summed E-state index contributed by atoms with van der Waals surface area (Å²) in [5, 5.41) is 2.40. The van der Waals surface area contributed by atoms with Crippen LogP contribution in [0.25, 0.3) is 0 Å². The van der Waals surface area contributed by atoms with Crippen LogP contribution in [0.5, 0.6) is 0 Å². The van der Waals surface area contributed by atoms with E-state index in [1.54, 1.807) is 18.2 Å². The van der Waals surface area contributed by atoms with E-state index in [4.69, 9.17) is 0 Å². The number of carbonyl (C=O) groups is 2. The zero-order valence-electron chi connectivity index (χ0n) is 12.0. The molecule has 1 unspecified atom stereocenters. The molecule has 3 rings (SSSR count). The maximum atomic E-state index is 14.2. The van der Waals surface area contributed by atoms with Crippen LogP contribution in [-0.2, 0) is 9.59 Å². The van der Waals surface area contributed by atoms with Gasteiger partial charge in [-0.1, -0.05) is 43.9 Å². The van der Waals surface area contributed by atoms with E-state index in [1.807, 2.05) is 0 Å². The molecule has 1 aromatic rings. The quantitative estimate of drug-likeness (QED) is 0.806. The number of hydrogen-bond donors (Lipinski definition) is 1. The topological polar surface area (TPSA) is 46.2 Å².